The molecule has 4 nitrogen and oxygen atoms in total. The van der Waals surface area contributed by atoms with E-state index in [4.69, 9.17) is 4.42 Å². The molecule has 1 unspecified atom stereocenters. The van der Waals surface area contributed by atoms with Crippen LogP contribution in [0.3, 0.4) is 0 Å². The van der Waals surface area contributed by atoms with Crippen LogP contribution in [0.15, 0.2) is 22.8 Å². The number of carbonyl (C=O) groups is 1. The molecule has 2 N–H and O–H groups in total. The number of furan rings is 1. The highest BCUT2D eigenvalue weighted by molar-refractivity contribution is 5.81. The lowest BCUT2D eigenvalue weighted by atomic mass is 9.87. The van der Waals surface area contributed by atoms with E-state index in [1.807, 2.05) is 19.1 Å². The fourth-order valence-electron chi connectivity index (χ4n) is 2.60. The maximum absolute atomic E-state index is 12.0. The molecule has 1 amide bonds. The molecular weight excluding hydrogens is 240 g/mol. The summed E-state index contributed by atoms with van der Waals surface area (Å²) in [7, 11) is 0. The van der Waals surface area contributed by atoms with Gasteiger partial charge in [-0.2, -0.15) is 0 Å². The Labute approximate surface area is 114 Å². The van der Waals surface area contributed by atoms with Gasteiger partial charge >= 0.3 is 0 Å². The molecule has 19 heavy (non-hydrogen) atoms. The Kier molecular flexibility index (Phi) is 5.02. The molecule has 1 aromatic heterocycles. The summed E-state index contributed by atoms with van der Waals surface area (Å²) in [6.07, 6.45) is 6.50. The van der Waals surface area contributed by atoms with Gasteiger partial charge in [0.15, 0.2) is 0 Å². The van der Waals surface area contributed by atoms with Gasteiger partial charge in [0.05, 0.1) is 18.8 Å². The average molecular weight is 264 g/mol. The first-order valence-corrected chi connectivity index (χ1v) is 7.21. The van der Waals surface area contributed by atoms with Crippen LogP contribution in [0, 0.1) is 5.92 Å². The first kappa shape index (κ1) is 14.1. The Morgan fingerprint density at radius 3 is 2.79 bits per heavy atom. The number of rotatable bonds is 5. The molecule has 1 fully saturated rings. The second kappa shape index (κ2) is 6.75. The van der Waals surface area contributed by atoms with Crippen LogP contribution in [0.2, 0.25) is 0 Å². The summed E-state index contributed by atoms with van der Waals surface area (Å²) in [5.74, 6) is 1.66. The molecule has 0 bridgehead atoms. The third kappa shape index (κ3) is 4.39. The van der Waals surface area contributed by atoms with Crippen LogP contribution in [-0.4, -0.2) is 18.0 Å². The summed E-state index contributed by atoms with van der Waals surface area (Å²) in [6.45, 7) is 4.69. The number of amides is 1. The second-order valence-electron chi connectivity index (χ2n) is 5.64. The molecule has 0 spiro atoms. The van der Waals surface area contributed by atoms with Crippen LogP contribution in [0.25, 0.3) is 0 Å². The van der Waals surface area contributed by atoms with Crippen molar-refractivity contribution in [3.05, 3.63) is 24.2 Å². The van der Waals surface area contributed by atoms with E-state index in [0.29, 0.717) is 12.6 Å². The van der Waals surface area contributed by atoms with Gasteiger partial charge in [-0.1, -0.05) is 6.92 Å². The smallest absolute Gasteiger partial charge is 0.237 e. The van der Waals surface area contributed by atoms with E-state index < -0.39 is 0 Å². The lowest BCUT2D eigenvalue weighted by molar-refractivity contribution is -0.123. The van der Waals surface area contributed by atoms with Crippen LogP contribution in [0.5, 0.6) is 0 Å². The Balaban J connectivity index is 1.70. The van der Waals surface area contributed by atoms with Gasteiger partial charge in [-0.05, 0) is 50.7 Å². The highest BCUT2D eigenvalue weighted by Crippen LogP contribution is 2.23. The number of hydrogen-bond donors (Lipinski definition) is 2. The molecule has 4 heteroatoms. The lowest BCUT2D eigenvalue weighted by Gasteiger charge is -2.29. The van der Waals surface area contributed by atoms with E-state index in [-0.39, 0.29) is 11.9 Å². The van der Waals surface area contributed by atoms with Crippen LogP contribution >= 0.6 is 0 Å². The first-order chi connectivity index (χ1) is 9.15. The van der Waals surface area contributed by atoms with Crippen molar-refractivity contribution in [1.82, 2.24) is 10.6 Å². The molecule has 2 rings (SSSR count). The van der Waals surface area contributed by atoms with Crippen molar-refractivity contribution >= 4 is 5.91 Å². The van der Waals surface area contributed by atoms with Gasteiger partial charge in [0.1, 0.15) is 5.76 Å². The summed E-state index contributed by atoms with van der Waals surface area (Å²) in [5, 5.41) is 6.31. The third-order valence-corrected chi connectivity index (χ3v) is 3.91. The van der Waals surface area contributed by atoms with Gasteiger partial charge in [0.2, 0.25) is 5.91 Å². The van der Waals surface area contributed by atoms with Crippen molar-refractivity contribution in [1.29, 1.82) is 0 Å². The zero-order chi connectivity index (χ0) is 13.7. The summed E-state index contributed by atoms with van der Waals surface area (Å²) in [5.41, 5.74) is 0. The molecule has 1 aliphatic rings. The van der Waals surface area contributed by atoms with Gasteiger partial charge < -0.3 is 15.1 Å². The van der Waals surface area contributed by atoms with Gasteiger partial charge in [0, 0.05) is 6.04 Å². The van der Waals surface area contributed by atoms with Gasteiger partial charge in [-0.15, -0.1) is 0 Å². The van der Waals surface area contributed by atoms with Crippen molar-refractivity contribution in [3.8, 4) is 0 Å². The zero-order valence-corrected chi connectivity index (χ0v) is 11.8. The SMILES string of the molecule is CC1CCC(NC(C)C(=O)NCc2ccco2)CC1. The highest BCUT2D eigenvalue weighted by Gasteiger charge is 2.22. The molecule has 0 aliphatic heterocycles. The second-order valence-corrected chi connectivity index (χ2v) is 5.64. The molecule has 106 valence electrons. The lowest BCUT2D eigenvalue weighted by Crippen LogP contribution is -2.47. The Morgan fingerprint density at radius 2 is 2.16 bits per heavy atom. The normalized spacial score (nSPS) is 24.9. The van der Waals surface area contributed by atoms with Crippen LogP contribution < -0.4 is 10.6 Å². The monoisotopic (exact) mass is 264 g/mol. The van der Waals surface area contributed by atoms with E-state index in [9.17, 15) is 4.79 Å². The van der Waals surface area contributed by atoms with Crippen molar-refractivity contribution in [3.63, 3.8) is 0 Å². The molecule has 1 aliphatic carbocycles. The summed E-state index contributed by atoms with van der Waals surface area (Å²) >= 11 is 0. The Morgan fingerprint density at radius 1 is 1.42 bits per heavy atom. The predicted molar refractivity (Wildman–Crippen MR) is 74.6 cm³/mol. The summed E-state index contributed by atoms with van der Waals surface area (Å²) in [6, 6.07) is 4.03. The number of hydrogen-bond acceptors (Lipinski definition) is 3. The predicted octanol–water partition coefficient (Wildman–Crippen LogP) is 2.45. The molecule has 1 heterocycles. The number of nitrogens with one attached hydrogen (secondary N) is 2. The average Bonchev–Trinajstić information content (AvgIpc) is 2.91. The van der Waals surface area contributed by atoms with E-state index in [1.54, 1.807) is 6.26 Å². The molecule has 1 atom stereocenters. The maximum atomic E-state index is 12.0. The Hall–Kier alpha value is -1.29. The van der Waals surface area contributed by atoms with Crippen LogP contribution in [-0.2, 0) is 11.3 Å². The number of carbonyl (C=O) groups excluding carboxylic acids is 1. The molecular formula is C15H24N2O2. The third-order valence-electron chi connectivity index (χ3n) is 3.91. The van der Waals surface area contributed by atoms with E-state index in [1.165, 1.54) is 25.7 Å². The molecule has 1 aromatic rings. The van der Waals surface area contributed by atoms with Gasteiger partial charge in [-0.3, -0.25) is 4.79 Å². The van der Waals surface area contributed by atoms with Crippen molar-refractivity contribution in [2.75, 3.05) is 0 Å². The summed E-state index contributed by atoms with van der Waals surface area (Å²) in [4.78, 5) is 12.0. The van der Waals surface area contributed by atoms with E-state index >= 15 is 0 Å². The first-order valence-electron chi connectivity index (χ1n) is 7.21. The topological polar surface area (TPSA) is 54.3 Å². The molecule has 0 saturated heterocycles. The molecule has 1 saturated carbocycles. The Bertz CT molecular complexity index is 381. The largest absolute Gasteiger partial charge is 0.467 e. The van der Waals surface area contributed by atoms with Crippen molar-refractivity contribution in [2.24, 2.45) is 5.92 Å². The minimum absolute atomic E-state index is 0.0371. The molecule has 0 aromatic carbocycles. The quantitative estimate of drug-likeness (QED) is 0.859. The van der Waals surface area contributed by atoms with Gasteiger partial charge in [0.25, 0.3) is 0 Å². The zero-order valence-electron chi connectivity index (χ0n) is 11.8. The highest BCUT2D eigenvalue weighted by atomic mass is 16.3. The van der Waals surface area contributed by atoms with Gasteiger partial charge in [-0.25, -0.2) is 0 Å². The molecule has 0 radical (unpaired) electrons. The standard InChI is InChI=1S/C15H24N2O2/c1-11-5-7-13(8-6-11)17-12(2)15(18)16-10-14-4-3-9-19-14/h3-4,9,11-13,17H,5-8,10H2,1-2H3,(H,16,18). The van der Waals surface area contributed by atoms with Crippen molar-refractivity contribution < 1.29 is 9.21 Å². The fourth-order valence-corrected chi connectivity index (χ4v) is 2.60. The minimum atomic E-state index is -0.145. The van der Waals surface area contributed by atoms with Crippen LogP contribution in [0.4, 0.5) is 0 Å². The van der Waals surface area contributed by atoms with Crippen LogP contribution in [0.1, 0.15) is 45.3 Å². The maximum Gasteiger partial charge on any atom is 0.237 e. The summed E-state index contributed by atoms with van der Waals surface area (Å²) < 4.78 is 5.19. The van der Waals surface area contributed by atoms with E-state index in [0.717, 1.165) is 11.7 Å². The van der Waals surface area contributed by atoms with E-state index in [2.05, 4.69) is 17.6 Å². The fraction of sp³-hybridized carbons (Fsp3) is 0.667. The minimum Gasteiger partial charge on any atom is -0.467 e. The van der Waals surface area contributed by atoms with Crippen molar-refractivity contribution in [2.45, 2.75) is 58.2 Å².